The number of hydrogen-bond donors (Lipinski definition) is 4. The molecule has 0 aliphatic rings. The molecule has 3 aromatic rings. The number of likely N-dealkylation sites (N-methyl/N-ethyl adjacent to an activating group) is 1. The molecule has 0 spiro atoms. The lowest BCUT2D eigenvalue weighted by atomic mass is 10.0. The Kier molecular flexibility index (Phi) is 14.9. The Morgan fingerprint density at radius 3 is 1.85 bits per heavy atom. The summed E-state index contributed by atoms with van der Waals surface area (Å²) in [5, 5.41) is 5.23. The first-order valence-electron chi connectivity index (χ1n) is 15.4. The van der Waals surface area contributed by atoms with Gasteiger partial charge in [-0.15, -0.1) is 0 Å². The van der Waals surface area contributed by atoms with Crippen LogP contribution in [0.15, 0.2) is 91.0 Å². The fraction of sp³-hybridized carbons (Fsp3) is 0.343. The van der Waals surface area contributed by atoms with Crippen molar-refractivity contribution in [3.8, 4) is 0 Å². The molecule has 3 aromatic carbocycles. The molecule has 0 aliphatic carbocycles. The average Bonchev–Trinajstić information content (AvgIpc) is 3.08. The van der Waals surface area contributed by atoms with E-state index in [0.29, 0.717) is 19.4 Å². The van der Waals surface area contributed by atoms with Crippen molar-refractivity contribution in [2.45, 2.75) is 63.4 Å². The van der Waals surface area contributed by atoms with Crippen LogP contribution in [0.1, 0.15) is 42.4 Å². The number of carbonyl (C=O) groups excluding carboxylic acids is 5. The Balaban J connectivity index is 1.55. The zero-order valence-electron chi connectivity index (χ0n) is 26.5. The molecule has 0 aromatic heterocycles. The Labute approximate surface area is 274 Å². The van der Waals surface area contributed by atoms with Crippen LogP contribution in [0.4, 0.5) is 4.79 Å². The maximum absolute atomic E-state index is 13.7. The summed E-state index contributed by atoms with van der Waals surface area (Å²) in [7, 11) is 1.40. The second-order valence-corrected chi connectivity index (χ2v) is 11.1. The summed E-state index contributed by atoms with van der Waals surface area (Å²) in [5.74, 6) is -2.81. The fourth-order valence-corrected chi connectivity index (χ4v) is 4.69. The smallest absolute Gasteiger partial charge is 0.407 e. The summed E-state index contributed by atoms with van der Waals surface area (Å²) in [4.78, 5) is 65.0. The molecule has 0 unspecified atom stereocenters. The maximum Gasteiger partial charge on any atom is 0.407 e. The van der Waals surface area contributed by atoms with Gasteiger partial charge in [0, 0.05) is 20.0 Å². The molecule has 0 radical (unpaired) electrons. The minimum atomic E-state index is -1.36. The van der Waals surface area contributed by atoms with E-state index < -0.39 is 54.3 Å². The quantitative estimate of drug-likeness (QED) is 0.120. The molecule has 12 heteroatoms. The number of nitrogens with zero attached hydrogens (tertiary/aromatic N) is 1. The van der Waals surface area contributed by atoms with Gasteiger partial charge >= 0.3 is 12.1 Å². The Hall–Kier alpha value is -5.23. The van der Waals surface area contributed by atoms with Gasteiger partial charge in [-0.3, -0.25) is 19.2 Å². The number of carbonyl (C=O) groups is 5. The number of amides is 4. The highest BCUT2D eigenvalue weighted by Crippen LogP contribution is 2.12. The van der Waals surface area contributed by atoms with Gasteiger partial charge in [0.15, 0.2) is 0 Å². The highest BCUT2D eigenvalue weighted by atomic mass is 16.5. The summed E-state index contributed by atoms with van der Waals surface area (Å²) >= 11 is 0. The molecule has 0 saturated carbocycles. The number of esters is 1. The number of ether oxygens (including phenoxy) is 2. The van der Waals surface area contributed by atoms with E-state index in [1.165, 1.54) is 7.05 Å². The van der Waals surface area contributed by atoms with E-state index in [2.05, 4.69) is 10.6 Å². The zero-order chi connectivity index (χ0) is 34.0. The van der Waals surface area contributed by atoms with Crippen molar-refractivity contribution >= 4 is 29.8 Å². The van der Waals surface area contributed by atoms with Crippen LogP contribution in [0.2, 0.25) is 0 Å². The van der Waals surface area contributed by atoms with Gasteiger partial charge in [-0.1, -0.05) is 91.0 Å². The third-order valence-electron chi connectivity index (χ3n) is 7.40. The first kappa shape index (κ1) is 36.2. The second kappa shape index (κ2) is 19.3. The lowest BCUT2D eigenvalue weighted by Gasteiger charge is -2.30. The van der Waals surface area contributed by atoms with Crippen LogP contribution in [-0.4, -0.2) is 66.4 Å². The lowest BCUT2D eigenvalue weighted by Crippen LogP contribution is -2.56. The summed E-state index contributed by atoms with van der Waals surface area (Å²) in [6.07, 6.45) is 0.372. The highest BCUT2D eigenvalue weighted by molar-refractivity contribution is 5.94. The molecule has 0 heterocycles. The van der Waals surface area contributed by atoms with Crippen LogP contribution in [0.5, 0.6) is 0 Å². The topological polar surface area (TPSA) is 183 Å². The number of hydrogen-bond acceptors (Lipinski definition) is 8. The highest BCUT2D eigenvalue weighted by Gasteiger charge is 2.33. The number of nitrogens with one attached hydrogen (secondary N) is 2. The largest absolute Gasteiger partial charge is 0.461 e. The Morgan fingerprint density at radius 2 is 1.30 bits per heavy atom. The monoisotopic (exact) mass is 645 g/mol. The van der Waals surface area contributed by atoms with E-state index in [1.54, 1.807) is 48.5 Å². The molecule has 3 atom stereocenters. The van der Waals surface area contributed by atoms with Gasteiger partial charge in [0.05, 0.1) is 12.5 Å². The summed E-state index contributed by atoms with van der Waals surface area (Å²) < 4.78 is 10.5. The number of benzene rings is 3. The summed E-state index contributed by atoms with van der Waals surface area (Å²) in [6.45, 7) is 0.450. The van der Waals surface area contributed by atoms with Gasteiger partial charge in [-0.25, -0.2) is 4.79 Å². The molecule has 3 rings (SSSR count). The van der Waals surface area contributed by atoms with Gasteiger partial charge in [0.2, 0.25) is 17.7 Å². The van der Waals surface area contributed by atoms with Crippen LogP contribution in [0.25, 0.3) is 0 Å². The third kappa shape index (κ3) is 13.0. The second-order valence-electron chi connectivity index (χ2n) is 11.1. The Morgan fingerprint density at radius 1 is 0.766 bits per heavy atom. The van der Waals surface area contributed by atoms with Crippen molar-refractivity contribution in [1.29, 1.82) is 0 Å². The van der Waals surface area contributed by atoms with E-state index >= 15 is 0 Å². The predicted molar refractivity (Wildman–Crippen MR) is 175 cm³/mol. The molecular weight excluding hydrogens is 602 g/mol. The zero-order valence-corrected chi connectivity index (χ0v) is 26.5. The summed E-state index contributed by atoms with van der Waals surface area (Å²) in [6, 6.07) is 23.9. The molecule has 0 bridgehead atoms. The van der Waals surface area contributed by atoms with Crippen molar-refractivity contribution in [3.63, 3.8) is 0 Å². The van der Waals surface area contributed by atoms with Crippen molar-refractivity contribution in [2.24, 2.45) is 11.5 Å². The van der Waals surface area contributed by atoms with Crippen molar-refractivity contribution < 1.29 is 33.4 Å². The number of nitrogens with two attached hydrogens (primary N) is 2. The van der Waals surface area contributed by atoms with Gasteiger partial charge in [-0.2, -0.15) is 0 Å². The first-order chi connectivity index (χ1) is 22.6. The maximum atomic E-state index is 13.7. The average molecular weight is 646 g/mol. The molecule has 0 saturated heterocycles. The first-order valence-corrected chi connectivity index (χ1v) is 15.4. The fourth-order valence-electron chi connectivity index (χ4n) is 4.69. The minimum Gasteiger partial charge on any atom is -0.461 e. The number of alkyl carbamates (subject to hydrolysis) is 1. The number of unbranched alkanes of at least 4 members (excludes halogenated alkanes) is 1. The van der Waals surface area contributed by atoms with Crippen LogP contribution < -0.4 is 22.1 Å². The van der Waals surface area contributed by atoms with Crippen molar-refractivity contribution in [2.75, 3.05) is 13.6 Å². The van der Waals surface area contributed by atoms with Gasteiger partial charge in [0.1, 0.15) is 25.3 Å². The normalized spacial score (nSPS) is 12.6. The van der Waals surface area contributed by atoms with Crippen molar-refractivity contribution in [1.82, 2.24) is 15.5 Å². The molecular formula is C35H43N5O7. The van der Waals surface area contributed by atoms with Crippen LogP contribution >= 0.6 is 0 Å². The van der Waals surface area contributed by atoms with Gasteiger partial charge in [-0.05, 0) is 36.0 Å². The van der Waals surface area contributed by atoms with Crippen LogP contribution in [0, 0.1) is 0 Å². The van der Waals surface area contributed by atoms with Crippen LogP contribution in [-0.2, 0) is 48.3 Å². The molecule has 0 fully saturated rings. The number of rotatable bonds is 18. The Bertz CT molecular complexity index is 1440. The van der Waals surface area contributed by atoms with E-state index in [9.17, 15) is 24.0 Å². The summed E-state index contributed by atoms with van der Waals surface area (Å²) in [5.41, 5.74) is 14.2. The number of primary amides is 1. The van der Waals surface area contributed by atoms with E-state index in [-0.39, 0.29) is 26.1 Å². The molecule has 4 amide bonds. The van der Waals surface area contributed by atoms with E-state index in [0.717, 1.165) is 21.6 Å². The van der Waals surface area contributed by atoms with E-state index in [1.807, 2.05) is 42.5 Å². The minimum absolute atomic E-state index is 0.0182. The van der Waals surface area contributed by atoms with E-state index in [4.69, 9.17) is 20.9 Å². The van der Waals surface area contributed by atoms with Crippen molar-refractivity contribution in [3.05, 3.63) is 108 Å². The van der Waals surface area contributed by atoms with Gasteiger partial charge in [0.25, 0.3) is 0 Å². The molecule has 0 aliphatic heterocycles. The molecule has 6 N–H and O–H groups in total. The predicted octanol–water partition coefficient (Wildman–Crippen LogP) is 2.58. The van der Waals surface area contributed by atoms with Gasteiger partial charge < -0.3 is 36.5 Å². The SMILES string of the molecule is CN(C(=O)[C@@H](CC(=O)OCc1ccccc1)NC(=O)[C@@H](N)CCCCNC(=O)OCc1ccccc1)[C@@H](Cc1ccccc1)C(N)=O. The standard InChI is InChI=1S/C35H43N5O7/c1-40(30(32(37)42)21-25-13-5-2-6-14-25)34(44)29(22-31(41)46-23-26-15-7-3-8-16-26)39-33(43)28(36)19-11-12-20-38-35(45)47-24-27-17-9-4-10-18-27/h2-10,13-18,28-30H,11-12,19-24,36H2,1H3,(H2,37,42)(H,38,45)(H,39,43)/t28-,29+,30-/m0/s1. The van der Waals surface area contributed by atoms with Crippen LogP contribution in [0.3, 0.4) is 0 Å². The molecule has 250 valence electrons. The molecule has 12 nitrogen and oxygen atoms in total. The lowest BCUT2D eigenvalue weighted by molar-refractivity contribution is -0.150. The third-order valence-corrected chi connectivity index (χ3v) is 7.40. The molecule has 47 heavy (non-hydrogen) atoms.